The molecule has 8 heteroatoms. The van der Waals surface area contributed by atoms with Gasteiger partial charge in [-0.15, -0.1) is 0 Å². The lowest BCUT2D eigenvalue weighted by atomic mass is 9.87. The van der Waals surface area contributed by atoms with Gasteiger partial charge in [-0.3, -0.25) is 29.4 Å². The highest BCUT2D eigenvalue weighted by Gasteiger charge is 2.44. The molecular weight excluding hydrogens is 336 g/mol. The number of carbonyl (C=O) groups excluding carboxylic acids is 4. The third kappa shape index (κ3) is 2.71. The molecule has 136 valence electrons. The number of hydrogen-bond donors (Lipinski definition) is 3. The Morgan fingerprint density at radius 2 is 1.85 bits per heavy atom. The van der Waals surface area contributed by atoms with Crippen molar-refractivity contribution in [1.82, 2.24) is 15.5 Å². The Kier molecular flexibility index (Phi) is 4.08. The molecule has 26 heavy (non-hydrogen) atoms. The number of fused-ring (bicyclic) bond motifs is 1. The van der Waals surface area contributed by atoms with E-state index in [4.69, 9.17) is 5.73 Å². The van der Waals surface area contributed by atoms with Crippen molar-refractivity contribution < 1.29 is 19.2 Å². The van der Waals surface area contributed by atoms with E-state index in [1.165, 1.54) is 0 Å². The van der Waals surface area contributed by atoms with Crippen LogP contribution in [0.25, 0.3) is 0 Å². The van der Waals surface area contributed by atoms with Crippen LogP contribution in [0.1, 0.15) is 52.0 Å². The second-order valence-corrected chi connectivity index (χ2v) is 7.06. The molecule has 4 N–H and O–H groups in total. The van der Waals surface area contributed by atoms with Crippen molar-refractivity contribution in [2.75, 3.05) is 0 Å². The van der Waals surface area contributed by atoms with Crippen LogP contribution in [0.3, 0.4) is 0 Å². The zero-order chi connectivity index (χ0) is 18.4. The molecule has 2 aliphatic heterocycles. The molecule has 1 unspecified atom stereocenters. The van der Waals surface area contributed by atoms with Gasteiger partial charge in [0.2, 0.25) is 11.8 Å². The van der Waals surface area contributed by atoms with Crippen LogP contribution < -0.4 is 16.4 Å². The fraction of sp³-hybridized carbons (Fsp3) is 0.444. The lowest BCUT2D eigenvalue weighted by Gasteiger charge is -2.34. The highest BCUT2D eigenvalue weighted by molar-refractivity contribution is 6.23. The number of hydrogen-bond acceptors (Lipinski definition) is 6. The van der Waals surface area contributed by atoms with Crippen LogP contribution in [0.4, 0.5) is 0 Å². The average Bonchev–Trinajstić information content (AvgIpc) is 2.85. The molecule has 2 heterocycles. The Morgan fingerprint density at radius 1 is 1.08 bits per heavy atom. The van der Waals surface area contributed by atoms with E-state index in [0.717, 1.165) is 23.3 Å². The summed E-state index contributed by atoms with van der Waals surface area (Å²) in [6.45, 7) is 0.561. The smallest absolute Gasteiger partial charge is 0.262 e. The first kappa shape index (κ1) is 16.9. The molecule has 1 saturated heterocycles. The molecule has 0 bridgehead atoms. The van der Waals surface area contributed by atoms with Gasteiger partial charge in [0.25, 0.3) is 11.8 Å². The Morgan fingerprint density at radius 3 is 2.50 bits per heavy atom. The van der Waals surface area contributed by atoms with Crippen LogP contribution >= 0.6 is 0 Å². The van der Waals surface area contributed by atoms with E-state index in [2.05, 4.69) is 10.6 Å². The van der Waals surface area contributed by atoms with Gasteiger partial charge in [0.15, 0.2) is 0 Å². The molecule has 1 aromatic rings. The van der Waals surface area contributed by atoms with Crippen LogP contribution in [-0.4, -0.2) is 46.7 Å². The zero-order valence-electron chi connectivity index (χ0n) is 14.2. The first-order chi connectivity index (χ1) is 12.5. The number of nitrogens with two attached hydrogens (primary N) is 1. The Labute approximate surface area is 150 Å². The minimum absolute atomic E-state index is 0.112. The van der Waals surface area contributed by atoms with Gasteiger partial charge in [0.1, 0.15) is 6.04 Å². The van der Waals surface area contributed by atoms with Crippen molar-refractivity contribution in [2.24, 2.45) is 5.73 Å². The van der Waals surface area contributed by atoms with Crippen LogP contribution in [0.2, 0.25) is 0 Å². The van der Waals surface area contributed by atoms with Gasteiger partial charge in [-0.2, -0.15) is 0 Å². The third-order valence-corrected chi connectivity index (χ3v) is 5.40. The lowest BCUT2D eigenvalue weighted by molar-refractivity contribution is -0.136. The molecule has 0 radical (unpaired) electrons. The topological polar surface area (TPSA) is 122 Å². The molecule has 0 spiro atoms. The molecule has 4 amide bonds. The molecule has 3 atom stereocenters. The molecule has 1 saturated carbocycles. The fourth-order valence-electron chi connectivity index (χ4n) is 3.66. The zero-order valence-corrected chi connectivity index (χ0v) is 14.2. The van der Waals surface area contributed by atoms with Gasteiger partial charge in [0.05, 0.1) is 11.1 Å². The summed E-state index contributed by atoms with van der Waals surface area (Å²) >= 11 is 0. The minimum atomic E-state index is -0.936. The van der Waals surface area contributed by atoms with Crippen LogP contribution in [0, 0.1) is 0 Å². The standard InChI is InChI=1S/C18H20N4O4/c19-12-3-4-13(12)20-8-9-1-2-10-11(7-9)18(26)22(17(10)25)14-5-6-15(23)21-16(14)24/h1-2,7,12-14,20H,3-6,8,19H2,(H,21,23,24)/t12-,13-,14?/m1/s1. The number of benzene rings is 1. The predicted molar refractivity (Wildman–Crippen MR) is 91.0 cm³/mol. The molecule has 0 aromatic heterocycles. The van der Waals surface area contributed by atoms with Crippen molar-refractivity contribution in [3.8, 4) is 0 Å². The van der Waals surface area contributed by atoms with Gasteiger partial charge in [-0.25, -0.2) is 0 Å². The van der Waals surface area contributed by atoms with Crippen molar-refractivity contribution in [2.45, 2.75) is 50.4 Å². The second-order valence-electron chi connectivity index (χ2n) is 7.06. The minimum Gasteiger partial charge on any atom is -0.326 e. The molecule has 3 aliphatic rings. The second kappa shape index (κ2) is 6.30. The van der Waals surface area contributed by atoms with Crippen molar-refractivity contribution >= 4 is 23.6 Å². The molecule has 2 fully saturated rings. The summed E-state index contributed by atoms with van der Waals surface area (Å²) < 4.78 is 0. The van der Waals surface area contributed by atoms with E-state index in [1.807, 2.05) is 0 Å². The molecule has 1 aromatic carbocycles. The number of amides is 4. The van der Waals surface area contributed by atoms with Crippen LogP contribution in [0.5, 0.6) is 0 Å². The number of nitrogens with zero attached hydrogens (tertiary/aromatic N) is 1. The maximum atomic E-state index is 12.7. The summed E-state index contributed by atoms with van der Waals surface area (Å²) in [5, 5.41) is 5.54. The number of imide groups is 2. The van der Waals surface area contributed by atoms with Crippen molar-refractivity contribution in [3.63, 3.8) is 0 Å². The quantitative estimate of drug-likeness (QED) is 0.635. The van der Waals surface area contributed by atoms with E-state index in [0.29, 0.717) is 17.7 Å². The predicted octanol–water partition coefficient (Wildman–Crippen LogP) is -0.333. The van der Waals surface area contributed by atoms with Gasteiger partial charge >= 0.3 is 0 Å². The summed E-state index contributed by atoms with van der Waals surface area (Å²) in [5.41, 5.74) is 7.39. The normalized spacial score (nSPS) is 28.0. The summed E-state index contributed by atoms with van der Waals surface area (Å²) in [6, 6.07) is 4.62. The number of piperidine rings is 1. The molecule has 4 rings (SSSR count). The van der Waals surface area contributed by atoms with Crippen LogP contribution in [0.15, 0.2) is 18.2 Å². The Bertz CT molecular complexity index is 821. The van der Waals surface area contributed by atoms with Gasteiger partial charge in [-0.1, -0.05) is 6.07 Å². The first-order valence-electron chi connectivity index (χ1n) is 8.79. The third-order valence-electron chi connectivity index (χ3n) is 5.40. The maximum absolute atomic E-state index is 12.7. The number of rotatable bonds is 4. The van der Waals surface area contributed by atoms with E-state index in [-0.39, 0.29) is 30.8 Å². The van der Waals surface area contributed by atoms with Gasteiger partial charge in [-0.05, 0) is 37.0 Å². The largest absolute Gasteiger partial charge is 0.326 e. The molecule has 8 nitrogen and oxygen atoms in total. The molecule has 1 aliphatic carbocycles. The summed E-state index contributed by atoms with van der Waals surface area (Å²) in [5.74, 6) is -1.95. The van der Waals surface area contributed by atoms with Gasteiger partial charge in [0, 0.05) is 25.0 Å². The summed E-state index contributed by atoms with van der Waals surface area (Å²) in [4.78, 5) is 49.7. The van der Waals surface area contributed by atoms with Crippen molar-refractivity contribution in [3.05, 3.63) is 34.9 Å². The SMILES string of the molecule is N[C@@H]1CC[C@H]1NCc1ccc2c(c1)C(=O)N(C1CCC(=O)NC1=O)C2=O. The van der Waals surface area contributed by atoms with E-state index in [9.17, 15) is 19.2 Å². The highest BCUT2D eigenvalue weighted by Crippen LogP contribution is 2.28. The first-order valence-corrected chi connectivity index (χ1v) is 8.79. The molecular formula is C18H20N4O4. The van der Waals surface area contributed by atoms with Gasteiger partial charge < -0.3 is 11.1 Å². The number of carbonyl (C=O) groups is 4. The van der Waals surface area contributed by atoms with Crippen molar-refractivity contribution in [1.29, 1.82) is 0 Å². The van der Waals surface area contributed by atoms with E-state index < -0.39 is 23.8 Å². The monoisotopic (exact) mass is 356 g/mol. The summed E-state index contributed by atoms with van der Waals surface area (Å²) in [7, 11) is 0. The van der Waals surface area contributed by atoms with E-state index >= 15 is 0 Å². The fourth-order valence-corrected chi connectivity index (χ4v) is 3.66. The van der Waals surface area contributed by atoms with E-state index in [1.54, 1.807) is 18.2 Å². The lowest BCUT2D eigenvalue weighted by Crippen LogP contribution is -2.54. The maximum Gasteiger partial charge on any atom is 0.262 e. The Balaban J connectivity index is 1.52. The Hall–Kier alpha value is -2.58. The highest BCUT2D eigenvalue weighted by atomic mass is 16.2. The van der Waals surface area contributed by atoms with Crippen LogP contribution in [-0.2, 0) is 16.1 Å². The number of nitrogens with one attached hydrogen (secondary N) is 2. The summed E-state index contributed by atoms with van der Waals surface area (Å²) in [6.07, 6.45) is 2.31. The average molecular weight is 356 g/mol.